The Kier molecular flexibility index (Phi) is 8.12. The summed E-state index contributed by atoms with van der Waals surface area (Å²) in [7, 11) is -3.65. The molecule has 1 rings (SSSR count). The van der Waals surface area contributed by atoms with Crippen LogP contribution < -0.4 is 0 Å². The molecule has 0 aliphatic rings. The summed E-state index contributed by atoms with van der Waals surface area (Å²) in [5.74, 6) is -1.37. The molecular weight excluding hydrogens is 405 g/mol. The number of rotatable bonds is 2. The van der Waals surface area contributed by atoms with E-state index in [0.717, 1.165) is 6.26 Å². The van der Waals surface area contributed by atoms with E-state index in [4.69, 9.17) is 63.1 Å². The van der Waals surface area contributed by atoms with Crippen LogP contribution in [0.15, 0.2) is 4.90 Å². The Morgan fingerprint density at radius 3 is 1.76 bits per heavy atom. The predicted molar refractivity (Wildman–Crippen MR) is 87.4 cm³/mol. The third-order valence-electron chi connectivity index (χ3n) is 2.09. The van der Waals surface area contributed by atoms with Crippen molar-refractivity contribution in [2.75, 3.05) is 6.26 Å². The summed E-state index contributed by atoms with van der Waals surface area (Å²) in [6, 6.07) is 0. The Labute approximate surface area is 147 Å². The molecule has 1 N–H and O–H groups in total. The molecule has 0 heterocycles. The second kappa shape index (κ2) is 8.09. The number of hydrogen-bond acceptors (Lipinski definition) is 3. The van der Waals surface area contributed by atoms with E-state index in [9.17, 15) is 13.2 Å². The summed E-state index contributed by atoms with van der Waals surface area (Å²) in [5, 5.41) is 7.98. The number of hydrogen-bond donors (Lipinski definition) is 1. The summed E-state index contributed by atoms with van der Waals surface area (Å²) < 4.78 is 23.0. The van der Waals surface area contributed by atoms with Crippen LogP contribution in [0.5, 0.6) is 0 Å². The summed E-state index contributed by atoms with van der Waals surface area (Å²) in [5.41, 5.74) is -0.329. The van der Waals surface area contributed by atoms with Crippen molar-refractivity contribution >= 4 is 73.8 Å². The molecule has 0 aromatic heterocycles. The largest absolute Gasteiger partial charge is 0.478 e. The van der Waals surface area contributed by atoms with Gasteiger partial charge in [-0.3, -0.25) is 0 Å². The monoisotopic (exact) mass is 414 g/mol. The van der Waals surface area contributed by atoms with Gasteiger partial charge in [0, 0.05) is 6.26 Å². The maximum atomic E-state index is 11.5. The van der Waals surface area contributed by atoms with Gasteiger partial charge in [-0.25, -0.2) is 13.2 Å². The number of carbonyl (C=O) groups is 1. The molecule has 120 valence electrons. The minimum Gasteiger partial charge on any atom is -0.478 e. The van der Waals surface area contributed by atoms with E-state index < -0.39 is 21.4 Å². The zero-order valence-corrected chi connectivity index (χ0v) is 15.6. The van der Waals surface area contributed by atoms with Gasteiger partial charge in [0.15, 0.2) is 9.84 Å². The fourth-order valence-corrected chi connectivity index (χ4v) is 3.83. The molecule has 0 fully saturated rings. The third kappa shape index (κ3) is 5.66. The van der Waals surface area contributed by atoms with Gasteiger partial charge in [-0.05, 0) is 19.4 Å². The molecule has 0 aliphatic carbocycles. The summed E-state index contributed by atoms with van der Waals surface area (Å²) in [6.45, 7) is 3.07. The van der Waals surface area contributed by atoms with Crippen LogP contribution >= 0.6 is 58.0 Å². The number of benzene rings is 1. The Morgan fingerprint density at radius 1 is 1.10 bits per heavy atom. The van der Waals surface area contributed by atoms with Crippen LogP contribution in [0.3, 0.4) is 0 Å². The minimum absolute atomic E-state index is 0.0703. The number of carboxylic acid groups (broad SMARTS) is 1. The summed E-state index contributed by atoms with van der Waals surface area (Å²) >= 11 is 27.4. The van der Waals surface area contributed by atoms with E-state index in [2.05, 4.69) is 0 Å². The fraction of sp³-hybridized carbons (Fsp3) is 0.364. The molecule has 0 unspecified atom stereocenters. The standard InChI is InChI=1S/C9H7Cl3O4S.C2H4Cl2/c1-3-5(10)4(9(13)14)6(11)7(12)8(3)17(2,15)16;1-2(3)4/h1-2H3,(H,13,14);2H,1H3. The van der Waals surface area contributed by atoms with Gasteiger partial charge in [0.25, 0.3) is 0 Å². The molecule has 0 atom stereocenters. The second-order valence-electron chi connectivity index (χ2n) is 3.87. The van der Waals surface area contributed by atoms with Gasteiger partial charge in [0.1, 0.15) is 4.84 Å². The molecule has 10 heteroatoms. The van der Waals surface area contributed by atoms with E-state index in [1.54, 1.807) is 6.92 Å². The van der Waals surface area contributed by atoms with E-state index >= 15 is 0 Å². The number of carboxylic acids is 1. The SMILES string of the molecule is CC(Cl)Cl.Cc1c(Cl)c(C(=O)O)c(Cl)c(Cl)c1S(C)(=O)=O. The lowest BCUT2D eigenvalue weighted by molar-refractivity contribution is 0.0697. The maximum absolute atomic E-state index is 11.5. The molecule has 4 nitrogen and oxygen atoms in total. The Balaban J connectivity index is 0.000000885. The highest BCUT2D eigenvalue weighted by molar-refractivity contribution is 7.90. The lowest BCUT2D eigenvalue weighted by atomic mass is 10.1. The predicted octanol–water partition coefficient (Wildman–Crippen LogP) is 4.87. The Morgan fingerprint density at radius 2 is 1.48 bits per heavy atom. The van der Waals surface area contributed by atoms with E-state index in [-0.39, 0.29) is 30.4 Å². The molecule has 0 saturated heterocycles. The van der Waals surface area contributed by atoms with Gasteiger partial charge in [-0.15, -0.1) is 23.2 Å². The van der Waals surface area contributed by atoms with Crippen LogP contribution in [0.4, 0.5) is 0 Å². The molecule has 0 aliphatic heterocycles. The van der Waals surface area contributed by atoms with Crippen LogP contribution in [0.2, 0.25) is 15.1 Å². The van der Waals surface area contributed by atoms with Gasteiger partial charge in [-0.1, -0.05) is 34.8 Å². The molecule has 0 saturated carbocycles. The topological polar surface area (TPSA) is 71.4 Å². The minimum atomic E-state index is -3.65. The molecule has 0 radical (unpaired) electrons. The molecule has 0 amide bonds. The zero-order chi connectivity index (χ0) is 17.1. The highest BCUT2D eigenvalue weighted by Crippen LogP contribution is 2.40. The van der Waals surface area contributed by atoms with Crippen LogP contribution in [0.25, 0.3) is 0 Å². The van der Waals surface area contributed by atoms with Crippen LogP contribution in [0.1, 0.15) is 22.8 Å². The van der Waals surface area contributed by atoms with Crippen molar-refractivity contribution in [3.05, 3.63) is 26.2 Å². The summed E-state index contributed by atoms with van der Waals surface area (Å²) in [4.78, 5) is 10.5. The number of aromatic carboxylic acids is 1. The van der Waals surface area contributed by atoms with Gasteiger partial charge in [-0.2, -0.15) is 0 Å². The van der Waals surface area contributed by atoms with Crippen LogP contribution in [0, 0.1) is 6.92 Å². The third-order valence-corrected chi connectivity index (χ3v) is 4.77. The van der Waals surface area contributed by atoms with Crippen molar-refractivity contribution in [1.82, 2.24) is 0 Å². The first-order valence-electron chi connectivity index (χ1n) is 5.20. The number of halogens is 5. The lowest BCUT2D eigenvalue weighted by Crippen LogP contribution is -2.08. The smallest absolute Gasteiger partial charge is 0.338 e. The van der Waals surface area contributed by atoms with Crippen molar-refractivity contribution in [2.24, 2.45) is 0 Å². The van der Waals surface area contributed by atoms with Crippen LogP contribution in [-0.4, -0.2) is 30.6 Å². The molecule has 21 heavy (non-hydrogen) atoms. The molecular formula is C11H11Cl5O4S. The average molecular weight is 417 g/mol. The average Bonchev–Trinajstić information content (AvgIpc) is 2.23. The van der Waals surface area contributed by atoms with Gasteiger partial charge in [0.2, 0.25) is 0 Å². The molecule has 0 spiro atoms. The summed E-state index contributed by atoms with van der Waals surface area (Å²) in [6.07, 6.45) is 0.939. The Hall–Kier alpha value is 0.0900. The second-order valence-corrected chi connectivity index (χ2v) is 8.49. The van der Waals surface area contributed by atoms with Gasteiger partial charge in [0.05, 0.1) is 25.5 Å². The van der Waals surface area contributed by atoms with Crippen LogP contribution in [-0.2, 0) is 9.84 Å². The molecule has 1 aromatic carbocycles. The number of alkyl halides is 2. The van der Waals surface area contributed by atoms with E-state index in [0.29, 0.717) is 0 Å². The highest BCUT2D eigenvalue weighted by Gasteiger charge is 2.27. The normalized spacial score (nSPS) is 11.1. The first-order chi connectivity index (χ1) is 9.32. The highest BCUT2D eigenvalue weighted by atomic mass is 35.5. The van der Waals surface area contributed by atoms with Crippen molar-refractivity contribution in [3.63, 3.8) is 0 Å². The first-order valence-corrected chi connectivity index (χ1v) is 9.10. The van der Waals surface area contributed by atoms with Gasteiger partial charge >= 0.3 is 5.97 Å². The van der Waals surface area contributed by atoms with Crippen molar-refractivity contribution in [2.45, 2.75) is 23.6 Å². The maximum Gasteiger partial charge on any atom is 0.338 e. The van der Waals surface area contributed by atoms with Crippen molar-refractivity contribution < 1.29 is 18.3 Å². The lowest BCUT2D eigenvalue weighted by Gasteiger charge is -2.13. The number of sulfone groups is 1. The van der Waals surface area contributed by atoms with E-state index in [1.165, 1.54) is 6.92 Å². The quantitative estimate of drug-likeness (QED) is 0.552. The van der Waals surface area contributed by atoms with Gasteiger partial charge < -0.3 is 5.11 Å². The fourth-order valence-electron chi connectivity index (χ4n) is 1.39. The van der Waals surface area contributed by atoms with Crippen molar-refractivity contribution in [3.8, 4) is 0 Å². The molecule has 1 aromatic rings. The zero-order valence-electron chi connectivity index (χ0n) is 11.0. The van der Waals surface area contributed by atoms with E-state index in [1.807, 2.05) is 0 Å². The molecule has 0 bridgehead atoms. The van der Waals surface area contributed by atoms with Crippen molar-refractivity contribution in [1.29, 1.82) is 0 Å². The Bertz CT molecular complexity index is 623. The first kappa shape index (κ1) is 21.1.